The zero-order chi connectivity index (χ0) is 15.7. The molecule has 22 heavy (non-hydrogen) atoms. The average Bonchev–Trinajstić information content (AvgIpc) is 2.91. The van der Waals surface area contributed by atoms with Gasteiger partial charge in [-0.3, -0.25) is 0 Å². The van der Waals surface area contributed by atoms with Crippen molar-refractivity contribution in [1.29, 1.82) is 0 Å². The summed E-state index contributed by atoms with van der Waals surface area (Å²) < 4.78 is 5.15. The number of carbonyl (C=O) groups is 1. The first-order valence-electron chi connectivity index (χ1n) is 7.50. The molecule has 0 spiro atoms. The minimum atomic E-state index is -0.328. The van der Waals surface area contributed by atoms with E-state index in [0.29, 0.717) is 18.2 Å². The second kappa shape index (κ2) is 6.38. The van der Waals surface area contributed by atoms with Gasteiger partial charge >= 0.3 is 5.97 Å². The van der Waals surface area contributed by atoms with Gasteiger partial charge in [0.1, 0.15) is 10.6 Å². The van der Waals surface area contributed by atoms with Crippen molar-refractivity contribution >= 4 is 44.9 Å². The molecule has 118 valence electrons. The molecule has 0 aromatic carbocycles. The number of esters is 1. The Labute approximate surface area is 138 Å². The summed E-state index contributed by atoms with van der Waals surface area (Å²) in [6.07, 6.45) is 3.45. The quantitative estimate of drug-likeness (QED) is 0.627. The van der Waals surface area contributed by atoms with Crippen LogP contribution in [0.3, 0.4) is 0 Å². The van der Waals surface area contributed by atoms with Gasteiger partial charge in [-0.2, -0.15) is 4.98 Å². The predicted octanol–water partition coefficient (Wildman–Crippen LogP) is 3.90. The van der Waals surface area contributed by atoms with Crippen LogP contribution in [0.15, 0.2) is 5.38 Å². The van der Waals surface area contributed by atoms with E-state index in [4.69, 9.17) is 16.3 Å². The molecular weight excluding hydrogens is 322 g/mol. The Morgan fingerprint density at radius 2 is 2.32 bits per heavy atom. The largest absolute Gasteiger partial charge is 0.462 e. The summed E-state index contributed by atoms with van der Waals surface area (Å²) in [6.45, 7) is 5.24. The van der Waals surface area contributed by atoms with Gasteiger partial charge in [-0.25, -0.2) is 9.78 Å². The number of anilines is 1. The number of aromatic nitrogens is 2. The van der Waals surface area contributed by atoms with Crippen molar-refractivity contribution < 1.29 is 9.53 Å². The van der Waals surface area contributed by atoms with Crippen molar-refractivity contribution in [1.82, 2.24) is 9.97 Å². The fourth-order valence-electron chi connectivity index (χ4n) is 2.88. The summed E-state index contributed by atoms with van der Waals surface area (Å²) in [6, 6.07) is 0.373. The minimum Gasteiger partial charge on any atom is -0.462 e. The van der Waals surface area contributed by atoms with Gasteiger partial charge in [-0.1, -0.05) is 0 Å². The lowest BCUT2D eigenvalue weighted by molar-refractivity contribution is 0.0529. The molecule has 1 aliphatic heterocycles. The van der Waals surface area contributed by atoms with Crippen LogP contribution in [-0.4, -0.2) is 35.1 Å². The minimum absolute atomic E-state index is 0.220. The molecule has 1 saturated heterocycles. The Morgan fingerprint density at radius 1 is 1.50 bits per heavy atom. The van der Waals surface area contributed by atoms with E-state index < -0.39 is 0 Å². The Hall–Kier alpha value is -1.40. The molecule has 1 atom stereocenters. The molecule has 0 saturated carbocycles. The summed E-state index contributed by atoms with van der Waals surface area (Å²) >= 11 is 7.48. The number of ether oxygens (including phenoxy) is 1. The summed E-state index contributed by atoms with van der Waals surface area (Å²) in [5.41, 5.74) is 0.534. The van der Waals surface area contributed by atoms with Gasteiger partial charge < -0.3 is 9.64 Å². The summed E-state index contributed by atoms with van der Waals surface area (Å²) in [4.78, 5) is 23.8. The normalized spacial score (nSPS) is 18.7. The van der Waals surface area contributed by atoms with Crippen molar-refractivity contribution in [2.24, 2.45) is 0 Å². The molecule has 0 amide bonds. The van der Waals surface area contributed by atoms with Crippen molar-refractivity contribution in [3.8, 4) is 0 Å². The molecule has 2 aromatic rings. The zero-order valence-corrected chi connectivity index (χ0v) is 14.2. The SMILES string of the molecule is CCOC(=O)c1csc2nc(Cl)nc(N3CCCCC3C)c12. The van der Waals surface area contributed by atoms with Crippen LogP contribution in [0.25, 0.3) is 10.2 Å². The Morgan fingerprint density at radius 3 is 3.05 bits per heavy atom. The number of piperidine rings is 1. The maximum absolute atomic E-state index is 12.2. The Balaban J connectivity index is 2.14. The van der Waals surface area contributed by atoms with E-state index in [1.54, 1.807) is 12.3 Å². The van der Waals surface area contributed by atoms with Crippen LogP contribution >= 0.6 is 22.9 Å². The fourth-order valence-corrected chi connectivity index (χ4v) is 3.99. The predicted molar refractivity (Wildman–Crippen MR) is 89.0 cm³/mol. The summed E-state index contributed by atoms with van der Waals surface area (Å²) in [7, 11) is 0. The molecule has 0 radical (unpaired) electrons. The number of fused-ring (bicyclic) bond motifs is 1. The smallest absolute Gasteiger partial charge is 0.339 e. The lowest BCUT2D eigenvalue weighted by atomic mass is 10.0. The third-order valence-electron chi connectivity index (χ3n) is 3.96. The molecular formula is C15H18ClN3O2S. The van der Waals surface area contributed by atoms with Crippen molar-refractivity contribution in [3.05, 3.63) is 16.2 Å². The number of nitrogens with zero attached hydrogens (tertiary/aromatic N) is 3. The summed E-state index contributed by atoms with van der Waals surface area (Å²) in [5, 5.41) is 2.77. The molecule has 1 aliphatic rings. The highest BCUT2D eigenvalue weighted by Crippen LogP contribution is 2.36. The number of halogens is 1. The second-order valence-corrected chi connectivity index (χ2v) is 6.60. The van der Waals surface area contributed by atoms with Gasteiger partial charge in [0.15, 0.2) is 0 Å². The Kier molecular flexibility index (Phi) is 4.49. The van der Waals surface area contributed by atoms with E-state index in [-0.39, 0.29) is 11.3 Å². The third kappa shape index (κ3) is 2.77. The molecule has 5 nitrogen and oxygen atoms in total. The first kappa shape index (κ1) is 15.5. The first-order chi connectivity index (χ1) is 10.6. The van der Waals surface area contributed by atoms with Crippen LogP contribution in [0, 0.1) is 0 Å². The maximum Gasteiger partial charge on any atom is 0.339 e. The van der Waals surface area contributed by atoms with E-state index in [0.717, 1.165) is 35.4 Å². The molecule has 1 unspecified atom stereocenters. The van der Waals surface area contributed by atoms with Crippen LogP contribution in [0.2, 0.25) is 5.28 Å². The topological polar surface area (TPSA) is 55.3 Å². The number of rotatable bonds is 3. The summed E-state index contributed by atoms with van der Waals surface area (Å²) in [5.74, 6) is 0.428. The molecule has 3 rings (SSSR count). The second-order valence-electron chi connectivity index (χ2n) is 5.40. The lowest BCUT2D eigenvalue weighted by Gasteiger charge is -2.34. The van der Waals surface area contributed by atoms with Gasteiger partial charge in [0, 0.05) is 18.0 Å². The van der Waals surface area contributed by atoms with Crippen LogP contribution in [0.5, 0.6) is 0 Å². The molecule has 2 aromatic heterocycles. The molecule has 1 fully saturated rings. The van der Waals surface area contributed by atoms with E-state index in [2.05, 4.69) is 21.8 Å². The van der Waals surface area contributed by atoms with Gasteiger partial charge in [0.05, 0.1) is 17.6 Å². The van der Waals surface area contributed by atoms with E-state index >= 15 is 0 Å². The average molecular weight is 340 g/mol. The highest BCUT2D eigenvalue weighted by molar-refractivity contribution is 7.17. The van der Waals surface area contributed by atoms with Crippen LogP contribution in [-0.2, 0) is 4.74 Å². The van der Waals surface area contributed by atoms with Gasteiger partial charge in [0.25, 0.3) is 0 Å². The third-order valence-corrected chi connectivity index (χ3v) is 5.00. The van der Waals surface area contributed by atoms with E-state index in [1.165, 1.54) is 17.8 Å². The fraction of sp³-hybridized carbons (Fsp3) is 0.533. The Bertz CT molecular complexity index is 703. The molecule has 0 N–H and O–H groups in total. The number of thiophene rings is 1. The zero-order valence-electron chi connectivity index (χ0n) is 12.6. The van der Waals surface area contributed by atoms with E-state index in [9.17, 15) is 4.79 Å². The first-order valence-corrected chi connectivity index (χ1v) is 8.76. The molecule has 3 heterocycles. The lowest BCUT2D eigenvalue weighted by Crippen LogP contribution is -2.38. The van der Waals surface area contributed by atoms with Crippen LogP contribution in [0.1, 0.15) is 43.5 Å². The van der Waals surface area contributed by atoms with Crippen LogP contribution in [0.4, 0.5) is 5.82 Å². The highest BCUT2D eigenvalue weighted by atomic mass is 35.5. The van der Waals surface area contributed by atoms with Gasteiger partial charge in [0.2, 0.25) is 5.28 Å². The van der Waals surface area contributed by atoms with Crippen molar-refractivity contribution in [3.63, 3.8) is 0 Å². The number of carbonyl (C=O) groups excluding carboxylic acids is 1. The van der Waals surface area contributed by atoms with Crippen LogP contribution < -0.4 is 4.90 Å². The molecule has 7 heteroatoms. The standard InChI is InChI=1S/C15H18ClN3O2S/c1-3-21-14(20)10-8-22-13-11(10)12(17-15(16)18-13)19-7-5-4-6-9(19)2/h8-9H,3-7H2,1-2H3. The monoisotopic (exact) mass is 339 g/mol. The molecule has 0 aliphatic carbocycles. The maximum atomic E-state index is 12.2. The number of hydrogen-bond donors (Lipinski definition) is 0. The molecule has 0 bridgehead atoms. The number of hydrogen-bond acceptors (Lipinski definition) is 6. The highest BCUT2D eigenvalue weighted by Gasteiger charge is 2.26. The van der Waals surface area contributed by atoms with Gasteiger partial charge in [-0.15, -0.1) is 11.3 Å². The van der Waals surface area contributed by atoms with Gasteiger partial charge in [-0.05, 0) is 44.7 Å². The van der Waals surface area contributed by atoms with Crippen molar-refractivity contribution in [2.45, 2.75) is 39.2 Å². The van der Waals surface area contributed by atoms with E-state index in [1.807, 2.05) is 0 Å². The van der Waals surface area contributed by atoms with Crippen molar-refractivity contribution in [2.75, 3.05) is 18.1 Å².